The van der Waals surface area contributed by atoms with Crippen molar-refractivity contribution in [2.75, 3.05) is 6.54 Å². The Bertz CT molecular complexity index is 1340. The van der Waals surface area contributed by atoms with Crippen LogP contribution >= 0.6 is 0 Å². The average Bonchev–Trinajstić information content (AvgIpc) is 3.52. The summed E-state index contributed by atoms with van der Waals surface area (Å²) in [6, 6.07) is 17.3. The van der Waals surface area contributed by atoms with E-state index in [9.17, 15) is 19.6 Å². The van der Waals surface area contributed by atoms with E-state index < -0.39 is 24.6 Å². The van der Waals surface area contributed by atoms with Crippen molar-refractivity contribution in [3.63, 3.8) is 0 Å². The lowest BCUT2D eigenvalue weighted by molar-refractivity contribution is -0.144. The lowest BCUT2D eigenvalue weighted by atomic mass is 9.74. The van der Waals surface area contributed by atoms with Gasteiger partial charge in [0, 0.05) is 41.5 Å². The molecule has 206 valence electrons. The van der Waals surface area contributed by atoms with E-state index in [-0.39, 0.29) is 37.3 Å². The molecule has 0 fully saturated rings. The van der Waals surface area contributed by atoms with Crippen LogP contribution in [0.4, 0.5) is 0 Å². The standard InChI is InChI=1S/C29H37BN4O5/c1-19(2)15-26(30(37)38)32-28(36)29(16-21-9-6-5-7-10-21)17-22(33-39-29)18-31-27(35)24-11-8-12-25-23(24)13-14-34(25)20(3)4/h5-14,19-20,26,37-38H,15-18H2,1-4H3,(H,31,35)(H,32,36)/t26-,29?/m0/s1. The van der Waals surface area contributed by atoms with E-state index in [0.29, 0.717) is 17.7 Å². The van der Waals surface area contributed by atoms with Crippen LogP contribution in [0.15, 0.2) is 65.9 Å². The van der Waals surface area contributed by atoms with Gasteiger partial charge in [0.15, 0.2) is 0 Å². The molecular formula is C29H37BN4O5. The van der Waals surface area contributed by atoms with E-state index in [0.717, 1.165) is 16.5 Å². The fraction of sp³-hybridized carbons (Fsp3) is 0.414. The van der Waals surface area contributed by atoms with Gasteiger partial charge < -0.3 is 30.1 Å². The molecule has 2 atom stereocenters. The average molecular weight is 532 g/mol. The molecule has 0 saturated carbocycles. The Hall–Kier alpha value is -3.63. The molecule has 1 aliphatic rings. The Morgan fingerprint density at radius 2 is 1.82 bits per heavy atom. The van der Waals surface area contributed by atoms with Gasteiger partial charge >= 0.3 is 7.12 Å². The zero-order valence-corrected chi connectivity index (χ0v) is 22.9. The normalized spacial score (nSPS) is 17.7. The van der Waals surface area contributed by atoms with E-state index >= 15 is 0 Å². The molecule has 0 aliphatic carbocycles. The van der Waals surface area contributed by atoms with Crippen LogP contribution in [-0.4, -0.2) is 57.3 Å². The van der Waals surface area contributed by atoms with Crippen molar-refractivity contribution in [2.45, 2.75) is 64.5 Å². The molecule has 3 aromatic rings. The number of hydrogen-bond acceptors (Lipinski definition) is 6. The van der Waals surface area contributed by atoms with Crippen molar-refractivity contribution in [3.8, 4) is 0 Å². The monoisotopic (exact) mass is 532 g/mol. The highest BCUT2D eigenvalue weighted by Crippen LogP contribution is 2.30. The highest BCUT2D eigenvalue weighted by molar-refractivity contribution is 6.43. The second kappa shape index (κ2) is 12.0. The van der Waals surface area contributed by atoms with Gasteiger partial charge in [-0.15, -0.1) is 0 Å². The zero-order chi connectivity index (χ0) is 28.2. The molecule has 39 heavy (non-hydrogen) atoms. The minimum atomic E-state index is -1.71. The van der Waals surface area contributed by atoms with E-state index in [2.05, 4.69) is 34.2 Å². The Labute approximate surface area is 229 Å². The molecule has 2 heterocycles. The number of oxime groups is 1. The van der Waals surface area contributed by atoms with Crippen molar-refractivity contribution in [3.05, 3.63) is 71.9 Å². The van der Waals surface area contributed by atoms with E-state index in [1.807, 2.05) is 68.6 Å². The second-order valence-corrected chi connectivity index (χ2v) is 10.9. The number of hydrogen-bond donors (Lipinski definition) is 4. The van der Waals surface area contributed by atoms with Gasteiger partial charge in [-0.05, 0) is 49.9 Å². The fourth-order valence-electron chi connectivity index (χ4n) is 5.04. The Morgan fingerprint density at radius 1 is 1.08 bits per heavy atom. The van der Waals surface area contributed by atoms with Crippen molar-refractivity contribution in [1.82, 2.24) is 15.2 Å². The van der Waals surface area contributed by atoms with Crippen LogP contribution < -0.4 is 10.6 Å². The molecule has 0 bridgehead atoms. The molecule has 2 aromatic carbocycles. The Kier molecular flexibility index (Phi) is 8.77. The first-order valence-electron chi connectivity index (χ1n) is 13.4. The minimum Gasteiger partial charge on any atom is -0.426 e. The maximum Gasteiger partial charge on any atom is 0.475 e. The van der Waals surface area contributed by atoms with Crippen molar-refractivity contribution < 1.29 is 24.5 Å². The summed E-state index contributed by atoms with van der Waals surface area (Å²) in [6.07, 6.45) is 2.75. The van der Waals surface area contributed by atoms with Gasteiger partial charge in [-0.3, -0.25) is 9.59 Å². The summed E-state index contributed by atoms with van der Waals surface area (Å²) in [7, 11) is -1.71. The van der Waals surface area contributed by atoms with E-state index in [4.69, 9.17) is 4.84 Å². The molecule has 1 unspecified atom stereocenters. The number of benzene rings is 2. The zero-order valence-electron chi connectivity index (χ0n) is 22.9. The number of aromatic nitrogens is 1. The third-order valence-corrected chi connectivity index (χ3v) is 7.00. The van der Waals surface area contributed by atoms with Gasteiger partial charge in [-0.2, -0.15) is 0 Å². The third kappa shape index (κ3) is 6.51. The molecule has 1 aromatic heterocycles. The highest BCUT2D eigenvalue weighted by atomic mass is 16.7. The van der Waals surface area contributed by atoms with E-state index in [1.54, 1.807) is 6.07 Å². The van der Waals surface area contributed by atoms with Crippen LogP contribution in [0.2, 0.25) is 0 Å². The smallest absolute Gasteiger partial charge is 0.426 e. The van der Waals surface area contributed by atoms with Crippen molar-refractivity contribution >= 4 is 35.5 Å². The minimum absolute atomic E-state index is 0.113. The molecule has 4 rings (SSSR count). The van der Waals surface area contributed by atoms with E-state index in [1.165, 1.54) is 0 Å². The van der Waals surface area contributed by atoms with Crippen LogP contribution in [0.3, 0.4) is 0 Å². The van der Waals surface area contributed by atoms with Gasteiger partial charge in [-0.25, -0.2) is 0 Å². The summed E-state index contributed by atoms with van der Waals surface area (Å²) >= 11 is 0. The summed E-state index contributed by atoms with van der Waals surface area (Å²) in [5.41, 5.74) is 1.57. The number of rotatable bonds is 11. The summed E-state index contributed by atoms with van der Waals surface area (Å²) in [5.74, 6) is -1.43. The SMILES string of the molecule is CC(C)C[C@H](NC(=O)C1(Cc2ccccc2)CC(CNC(=O)c2cccc3c2ccn3C(C)C)=NO1)B(O)O. The lowest BCUT2D eigenvalue weighted by Crippen LogP contribution is -2.56. The number of amides is 2. The maximum atomic E-state index is 13.6. The number of carbonyl (C=O) groups is 2. The number of nitrogens with one attached hydrogen (secondary N) is 2. The van der Waals surface area contributed by atoms with Crippen LogP contribution in [-0.2, 0) is 16.1 Å². The number of carbonyl (C=O) groups excluding carboxylic acids is 2. The highest BCUT2D eigenvalue weighted by Gasteiger charge is 2.48. The molecule has 0 saturated heterocycles. The largest absolute Gasteiger partial charge is 0.475 e. The van der Waals surface area contributed by atoms with Crippen molar-refractivity contribution in [1.29, 1.82) is 0 Å². The first-order valence-corrected chi connectivity index (χ1v) is 13.4. The Morgan fingerprint density at radius 3 is 2.49 bits per heavy atom. The first kappa shape index (κ1) is 28.4. The molecule has 1 aliphatic heterocycles. The maximum absolute atomic E-state index is 13.6. The molecule has 10 heteroatoms. The molecule has 9 nitrogen and oxygen atoms in total. The summed E-state index contributed by atoms with van der Waals surface area (Å²) < 4.78 is 2.12. The van der Waals surface area contributed by atoms with Crippen LogP contribution in [0.25, 0.3) is 10.9 Å². The molecule has 0 spiro atoms. The van der Waals surface area contributed by atoms with Crippen LogP contribution in [0.5, 0.6) is 0 Å². The topological polar surface area (TPSA) is 125 Å². The fourth-order valence-corrected chi connectivity index (χ4v) is 5.04. The number of fused-ring (bicyclic) bond motifs is 1. The Balaban J connectivity index is 1.49. The van der Waals surface area contributed by atoms with Gasteiger partial charge in [-0.1, -0.05) is 55.4 Å². The van der Waals surface area contributed by atoms with Crippen LogP contribution in [0, 0.1) is 5.92 Å². The molecular weight excluding hydrogens is 495 g/mol. The predicted molar refractivity (Wildman–Crippen MR) is 152 cm³/mol. The van der Waals surface area contributed by atoms with Crippen LogP contribution in [0.1, 0.15) is 62.5 Å². The summed E-state index contributed by atoms with van der Waals surface area (Å²) in [5, 5.41) is 30.5. The van der Waals surface area contributed by atoms with Gasteiger partial charge in [0.25, 0.3) is 11.8 Å². The summed E-state index contributed by atoms with van der Waals surface area (Å²) in [6.45, 7) is 8.18. The second-order valence-electron chi connectivity index (χ2n) is 10.9. The lowest BCUT2D eigenvalue weighted by Gasteiger charge is -2.29. The molecule has 2 amide bonds. The third-order valence-electron chi connectivity index (χ3n) is 7.00. The first-order chi connectivity index (χ1) is 18.6. The molecule has 4 N–H and O–H groups in total. The van der Waals surface area contributed by atoms with Gasteiger partial charge in [0.2, 0.25) is 5.60 Å². The molecule has 0 radical (unpaired) electrons. The quantitative estimate of drug-likeness (QED) is 0.282. The van der Waals surface area contributed by atoms with Gasteiger partial charge in [0.05, 0.1) is 18.2 Å². The summed E-state index contributed by atoms with van der Waals surface area (Å²) in [4.78, 5) is 32.5. The van der Waals surface area contributed by atoms with Crippen molar-refractivity contribution in [2.24, 2.45) is 11.1 Å². The predicted octanol–water partition coefficient (Wildman–Crippen LogP) is 3.25. The number of nitrogens with zero attached hydrogens (tertiary/aromatic N) is 2. The van der Waals surface area contributed by atoms with Gasteiger partial charge in [0.1, 0.15) is 0 Å².